The fraction of sp³-hybridized carbons (Fsp3) is 0.600. The zero-order valence-electron chi connectivity index (χ0n) is 15.5. The molecule has 1 aromatic rings. The summed E-state index contributed by atoms with van der Waals surface area (Å²) in [6, 6.07) is 6.94. The second-order valence-corrected chi connectivity index (χ2v) is 8.59. The minimum absolute atomic E-state index is 0.0903. The molecular weight excluding hydrogens is 320 g/mol. The van der Waals surface area contributed by atoms with Gasteiger partial charge in [-0.05, 0) is 43.9 Å². The number of allylic oxidation sites excluding steroid dienone is 1. The van der Waals surface area contributed by atoms with Gasteiger partial charge in [0.2, 0.25) is 9.84 Å². The highest BCUT2D eigenvalue weighted by atomic mass is 32.2. The molecular formula is C20H32O3S. The minimum atomic E-state index is -3.57. The normalized spacial score (nSPS) is 15.3. The zero-order valence-corrected chi connectivity index (χ0v) is 16.3. The molecule has 1 N–H and O–H groups in total. The number of unbranched alkanes of at least 4 members (excludes halogenated alkanes) is 2. The Balaban J connectivity index is 3.19. The van der Waals surface area contributed by atoms with Crippen LogP contribution in [0.1, 0.15) is 64.9 Å². The van der Waals surface area contributed by atoms with E-state index in [4.69, 9.17) is 0 Å². The third-order valence-electron chi connectivity index (χ3n) is 4.33. The number of hydrogen-bond acceptors (Lipinski definition) is 3. The lowest BCUT2D eigenvalue weighted by molar-refractivity contribution is 0.208. The molecule has 0 aliphatic carbocycles. The van der Waals surface area contributed by atoms with Gasteiger partial charge in [0, 0.05) is 0 Å². The Labute approximate surface area is 147 Å². The summed E-state index contributed by atoms with van der Waals surface area (Å²) >= 11 is 0. The highest BCUT2D eigenvalue weighted by Gasteiger charge is 2.26. The van der Waals surface area contributed by atoms with Gasteiger partial charge in [-0.1, -0.05) is 64.2 Å². The van der Waals surface area contributed by atoms with E-state index in [0.29, 0.717) is 16.2 Å². The van der Waals surface area contributed by atoms with Crippen LogP contribution < -0.4 is 0 Å². The van der Waals surface area contributed by atoms with Crippen LogP contribution in [0.25, 0.3) is 0 Å². The van der Waals surface area contributed by atoms with Crippen LogP contribution in [-0.4, -0.2) is 19.6 Å². The summed E-state index contributed by atoms with van der Waals surface area (Å²) in [5, 5.41) is 10.2. The van der Waals surface area contributed by atoms with E-state index in [0.717, 1.165) is 37.7 Å². The highest BCUT2D eigenvalue weighted by Crippen LogP contribution is 2.29. The molecule has 24 heavy (non-hydrogen) atoms. The van der Waals surface area contributed by atoms with Gasteiger partial charge in [-0.25, -0.2) is 8.42 Å². The van der Waals surface area contributed by atoms with Crippen molar-refractivity contribution in [3.63, 3.8) is 0 Å². The Morgan fingerprint density at radius 2 is 1.62 bits per heavy atom. The van der Waals surface area contributed by atoms with Gasteiger partial charge < -0.3 is 5.11 Å². The van der Waals surface area contributed by atoms with Crippen molar-refractivity contribution in [1.29, 1.82) is 0 Å². The second kappa shape index (κ2) is 10.00. The first-order valence-corrected chi connectivity index (χ1v) is 10.5. The Morgan fingerprint density at radius 3 is 2.17 bits per heavy atom. The molecule has 136 valence electrons. The van der Waals surface area contributed by atoms with Crippen molar-refractivity contribution >= 4 is 9.84 Å². The molecule has 0 aliphatic rings. The molecule has 1 unspecified atom stereocenters. The van der Waals surface area contributed by atoms with Gasteiger partial charge in [-0.15, -0.1) is 0 Å². The number of sulfone groups is 1. The maximum absolute atomic E-state index is 13.1. The number of rotatable bonds is 10. The molecule has 0 aromatic heterocycles. The zero-order chi connectivity index (χ0) is 18.2. The van der Waals surface area contributed by atoms with Gasteiger partial charge in [0.1, 0.15) is 0 Å². The summed E-state index contributed by atoms with van der Waals surface area (Å²) in [4.78, 5) is 0.675. The molecule has 0 spiro atoms. The molecule has 0 amide bonds. The number of aliphatic hydroxyl groups is 1. The van der Waals surface area contributed by atoms with Crippen LogP contribution in [0.3, 0.4) is 0 Å². The van der Waals surface area contributed by atoms with E-state index >= 15 is 0 Å². The molecule has 4 heteroatoms. The van der Waals surface area contributed by atoms with E-state index in [2.05, 4.69) is 13.8 Å². The molecule has 0 heterocycles. The first-order valence-electron chi connectivity index (χ1n) is 9.04. The van der Waals surface area contributed by atoms with E-state index in [9.17, 15) is 13.5 Å². The molecule has 1 aromatic carbocycles. The van der Waals surface area contributed by atoms with Crippen LogP contribution in [0.15, 0.2) is 40.1 Å². The molecule has 0 fully saturated rings. The van der Waals surface area contributed by atoms with E-state index < -0.39 is 15.9 Å². The number of hydrogen-bond donors (Lipinski definition) is 1. The largest absolute Gasteiger partial charge is 0.389 e. The van der Waals surface area contributed by atoms with E-state index in [-0.39, 0.29) is 5.92 Å². The number of aryl methyl sites for hydroxylation is 1. The second-order valence-electron chi connectivity index (χ2n) is 6.64. The monoisotopic (exact) mass is 352 g/mol. The Hall–Kier alpha value is -1.13. The van der Waals surface area contributed by atoms with Crippen LogP contribution in [0.2, 0.25) is 0 Å². The predicted octanol–water partition coefficient (Wildman–Crippen LogP) is 5.03. The molecule has 2 atom stereocenters. The van der Waals surface area contributed by atoms with E-state index in [1.165, 1.54) is 0 Å². The third kappa shape index (κ3) is 6.06. The van der Waals surface area contributed by atoms with Gasteiger partial charge in [0.25, 0.3) is 0 Å². The Morgan fingerprint density at radius 1 is 1.08 bits per heavy atom. The molecule has 0 radical (unpaired) electrons. The lowest BCUT2D eigenvalue weighted by atomic mass is 10.0. The molecule has 0 saturated carbocycles. The average Bonchev–Trinajstić information content (AvgIpc) is 2.55. The van der Waals surface area contributed by atoms with Crippen molar-refractivity contribution in [2.24, 2.45) is 5.92 Å². The van der Waals surface area contributed by atoms with Gasteiger partial charge in [0.05, 0.1) is 15.9 Å². The molecule has 3 nitrogen and oxygen atoms in total. The van der Waals surface area contributed by atoms with Crippen molar-refractivity contribution < 1.29 is 13.5 Å². The number of benzene rings is 1. The Bertz CT molecular complexity index is 615. The van der Waals surface area contributed by atoms with Gasteiger partial charge in [-0.3, -0.25) is 0 Å². The predicted molar refractivity (Wildman–Crippen MR) is 101 cm³/mol. The van der Waals surface area contributed by atoms with E-state index in [1.807, 2.05) is 26.0 Å². The summed E-state index contributed by atoms with van der Waals surface area (Å²) in [6.45, 7) is 8.04. The summed E-state index contributed by atoms with van der Waals surface area (Å²) in [7, 11) is -3.57. The summed E-state index contributed by atoms with van der Waals surface area (Å²) in [5.41, 5.74) is 1.03. The van der Waals surface area contributed by atoms with Crippen molar-refractivity contribution in [2.75, 3.05) is 0 Å². The van der Waals surface area contributed by atoms with E-state index in [1.54, 1.807) is 18.2 Å². The lowest BCUT2D eigenvalue weighted by Crippen LogP contribution is -2.16. The van der Waals surface area contributed by atoms with Crippen LogP contribution >= 0.6 is 0 Å². The SMILES string of the molecule is CCCCC(C)/C(=C\[C@@H](O)CCCC)S(=O)(=O)c1ccc(C)cc1. The average molecular weight is 353 g/mol. The van der Waals surface area contributed by atoms with Crippen LogP contribution in [0, 0.1) is 12.8 Å². The topological polar surface area (TPSA) is 54.4 Å². The maximum atomic E-state index is 13.1. The molecule has 0 aliphatic heterocycles. The van der Waals surface area contributed by atoms with Gasteiger partial charge in [-0.2, -0.15) is 0 Å². The molecule has 0 bridgehead atoms. The molecule has 0 saturated heterocycles. The smallest absolute Gasteiger partial charge is 0.202 e. The summed E-state index contributed by atoms with van der Waals surface area (Å²) in [6.07, 6.45) is 6.16. The van der Waals surface area contributed by atoms with Crippen LogP contribution in [0.4, 0.5) is 0 Å². The third-order valence-corrected chi connectivity index (χ3v) is 6.38. The van der Waals surface area contributed by atoms with Crippen molar-refractivity contribution in [3.05, 3.63) is 40.8 Å². The van der Waals surface area contributed by atoms with Crippen LogP contribution in [-0.2, 0) is 9.84 Å². The van der Waals surface area contributed by atoms with Crippen molar-refractivity contribution in [3.8, 4) is 0 Å². The minimum Gasteiger partial charge on any atom is -0.389 e. The van der Waals surface area contributed by atoms with Gasteiger partial charge >= 0.3 is 0 Å². The summed E-state index contributed by atoms with van der Waals surface area (Å²) in [5.74, 6) is -0.0903. The fourth-order valence-electron chi connectivity index (χ4n) is 2.71. The molecule has 1 rings (SSSR count). The standard InChI is InChI=1S/C20H32O3S/c1-5-7-9-17(4)20(15-18(21)10-8-6-2)24(22,23)19-13-11-16(3)12-14-19/h11-15,17-18,21H,5-10H2,1-4H3/b20-15+/t17?,18-/m0/s1. The maximum Gasteiger partial charge on any atom is 0.202 e. The quantitative estimate of drug-likeness (QED) is 0.642. The van der Waals surface area contributed by atoms with Crippen LogP contribution in [0.5, 0.6) is 0 Å². The highest BCUT2D eigenvalue weighted by molar-refractivity contribution is 7.95. The fourth-order valence-corrected chi connectivity index (χ4v) is 4.46. The lowest BCUT2D eigenvalue weighted by Gasteiger charge is -2.18. The van der Waals surface area contributed by atoms with Gasteiger partial charge in [0.15, 0.2) is 0 Å². The first-order chi connectivity index (χ1) is 11.3. The Kier molecular flexibility index (Phi) is 8.71. The van der Waals surface area contributed by atoms with Crippen molar-refractivity contribution in [2.45, 2.75) is 77.2 Å². The van der Waals surface area contributed by atoms with Crippen molar-refractivity contribution in [1.82, 2.24) is 0 Å². The summed E-state index contributed by atoms with van der Waals surface area (Å²) < 4.78 is 26.2. The number of aliphatic hydroxyl groups excluding tert-OH is 1. The first kappa shape index (κ1) is 20.9.